The summed E-state index contributed by atoms with van der Waals surface area (Å²) in [5.74, 6) is 1.49. The van der Waals surface area contributed by atoms with Gasteiger partial charge < -0.3 is 15.4 Å². The van der Waals surface area contributed by atoms with Gasteiger partial charge in [0.2, 0.25) is 0 Å². The molecular formula is C15H29N3O2. The van der Waals surface area contributed by atoms with Crippen LogP contribution in [0.15, 0.2) is 4.99 Å². The number of carbonyl (C=O) groups is 1. The average Bonchev–Trinajstić information content (AvgIpc) is 2.50. The minimum absolute atomic E-state index is 0.203. The number of aliphatic imine (C=N–C) groups is 1. The van der Waals surface area contributed by atoms with Crippen LogP contribution in [0, 0.1) is 5.92 Å². The van der Waals surface area contributed by atoms with E-state index in [1.54, 1.807) is 7.05 Å². The number of nitrogens with one attached hydrogen (secondary N) is 2. The van der Waals surface area contributed by atoms with Crippen molar-refractivity contribution < 1.29 is 9.53 Å². The highest BCUT2D eigenvalue weighted by Crippen LogP contribution is 2.26. The Bertz CT molecular complexity index is 299. The number of rotatable bonds is 7. The molecule has 5 heteroatoms. The average molecular weight is 283 g/mol. The van der Waals surface area contributed by atoms with Crippen LogP contribution in [0.5, 0.6) is 0 Å². The van der Waals surface area contributed by atoms with Crippen molar-refractivity contribution in [1.82, 2.24) is 10.6 Å². The van der Waals surface area contributed by atoms with Gasteiger partial charge in [0.05, 0.1) is 13.5 Å². The molecule has 1 rings (SSSR count). The fourth-order valence-electron chi connectivity index (χ4n) is 2.68. The maximum absolute atomic E-state index is 11.0. The summed E-state index contributed by atoms with van der Waals surface area (Å²) in [5, 5.41) is 6.40. The summed E-state index contributed by atoms with van der Waals surface area (Å²) in [6.45, 7) is 1.49. The Morgan fingerprint density at radius 1 is 1.20 bits per heavy atom. The van der Waals surface area contributed by atoms with Crippen molar-refractivity contribution in [2.75, 3.05) is 27.2 Å². The van der Waals surface area contributed by atoms with Crippen molar-refractivity contribution in [2.45, 2.75) is 51.4 Å². The van der Waals surface area contributed by atoms with E-state index in [9.17, 15) is 4.79 Å². The van der Waals surface area contributed by atoms with Crippen LogP contribution in [-0.4, -0.2) is 39.2 Å². The molecule has 1 aliphatic carbocycles. The Morgan fingerprint density at radius 3 is 2.55 bits per heavy atom. The minimum Gasteiger partial charge on any atom is -0.469 e. The van der Waals surface area contributed by atoms with Gasteiger partial charge in [-0.3, -0.25) is 9.79 Å². The molecule has 0 aromatic heterocycles. The van der Waals surface area contributed by atoms with Crippen LogP contribution < -0.4 is 10.6 Å². The molecule has 0 saturated heterocycles. The molecule has 0 heterocycles. The molecule has 0 spiro atoms. The van der Waals surface area contributed by atoms with Crippen molar-refractivity contribution in [1.29, 1.82) is 0 Å². The summed E-state index contributed by atoms with van der Waals surface area (Å²) in [6, 6.07) is 0. The Hall–Kier alpha value is -1.26. The van der Waals surface area contributed by atoms with Gasteiger partial charge in [0, 0.05) is 20.1 Å². The number of nitrogens with zero attached hydrogens (tertiary/aromatic N) is 1. The van der Waals surface area contributed by atoms with Crippen LogP contribution in [0.25, 0.3) is 0 Å². The standard InChI is InChI=1S/C15H29N3O2/c1-16-15(18-12-10-14(19)20-2)17-11-6-9-13-7-4-3-5-8-13/h13H,3-12H2,1-2H3,(H2,16,17,18). The second-order valence-electron chi connectivity index (χ2n) is 5.40. The first-order valence-electron chi connectivity index (χ1n) is 7.77. The van der Waals surface area contributed by atoms with E-state index in [-0.39, 0.29) is 5.97 Å². The van der Waals surface area contributed by atoms with Crippen molar-refractivity contribution in [3.8, 4) is 0 Å². The molecule has 0 aliphatic heterocycles. The van der Waals surface area contributed by atoms with Gasteiger partial charge in [-0.15, -0.1) is 0 Å². The van der Waals surface area contributed by atoms with E-state index in [0.29, 0.717) is 13.0 Å². The van der Waals surface area contributed by atoms with Gasteiger partial charge >= 0.3 is 5.97 Å². The van der Waals surface area contributed by atoms with E-state index in [0.717, 1.165) is 18.4 Å². The van der Waals surface area contributed by atoms with Crippen LogP contribution in [0.2, 0.25) is 0 Å². The first-order chi connectivity index (χ1) is 9.76. The molecule has 1 saturated carbocycles. The normalized spacial score (nSPS) is 16.8. The van der Waals surface area contributed by atoms with Crippen LogP contribution in [0.3, 0.4) is 0 Å². The molecule has 0 aromatic rings. The zero-order chi connectivity index (χ0) is 14.6. The Balaban J connectivity index is 2.04. The fourth-order valence-corrected chi connectivity index (χ4v) is 2.68. The van der Waals surface area contributed by atoms with Gasteiger partial charge in [0.15, 0.2) is 5.96 Å². The number of guanidine groups is 1. The first-order valence-corrected chi connectivity index (χ1v) is 7.77. The molecule has 0 radical (unpaired) electrons. The van der Waals surface area contributed by atoms with Gasteiger partial charge in [0.1, 0.15) is 0 Å². The summed E-state index contributed by atoms with van der Waals surface area (Å²) in [7, 11) is 3.15. The molecule has 0 bridgehead atoms. The lowest BCUT2D eigenvalue weighted by Crippen LogP contribution is -2.38. The topological polar surface area (TPSA) is 62.7 Å². The van der Waals surface area contributed by atoms with Crippen LogP contribution in [-0.2, 0) is 9.53 Å². The molecule has 5 nitrogen and oxygen atoms in total. The maximum Gasteiger partial charge on any atom is 0.307 e. The van der Waals surface area contributed by atoms with Gasteiger partial charge in [-0.05, 0) is 18.8 Å². The highest BCUT2D eigenvalue weighted by Gasteiger charge is 2.12. The van der Waals surface area contributed by atoms with E-state index in [1.807, 2.05) is 0 Å². The summed E-state index contributed by atoms with van der Waals surface area (Å²) < 4.78 is 4.59. The van der Waals surface area contributed by atoms with E-state index in [1.165, 1.54) is 52.1 Å². The highest BCUT2D eigenvalue weighted by molar-refractivity contribution is 5.80. The minimum atomic E-state index is -0.203. The SMILES string of the molecule is CN=C(NCCCC1CCCCC1)NCCC(=O)OC. The van der Waals surface area contributed by atoms with Crippen molar-refractivity contribution in [3.05, 3.63) is 0 Å². The molecular weight excluding hydrogens is 254 g/mol. The lowest BCUT2D eigenvalue weighted by Gasteiger charge is -2.21. The second-order valence-corrected chi connectivity index (χ2v) is 5.40. The predicted octanol–water partition coefficient (Wildman–Crippen LogP) is 2.07. The number of hydrogen-bond donors (Lipinski definition) is 2. The maximum atomic E-state index is 11.0. The molecule has 116 valence electrons. The molecule has 2 N–H and O–H groups in total. The van der Waals surface area contributed by atoms with E-state index < -0.39 is 0 Å². The monoisotopic (exact) mass is 283 g/mol. The third-order valence-corrected chi connectivity index (χ3v) is 3.88. The van der Waals surface area contributed by atoms with Crippen LogP contribution in [0.4, 0.5) is 0 Å². The molecule has 0 unspecified atom stereocenters. The lowest BCUT2D eigenvalue weighted by molar-refractivity contribution is -0.140. The summed E-state index contributed by atoms with van der Waals surface area (Å²) >= 11 is 0. The molecule has 20 heavy (non-hydrogen) atoms. The Morgan fingerprint density at radius 2 is 1.90 bits per heavy atom. The van der Waals surface area contributed by atoms with Crippen molar-refractivity contribution in [3.63, 3.8) is 0 Å². The molecule has 1 fully saturated rings. The number of ether oxygens (including phenoxy) is 1. The predicted molar refractivity (Wildman–Crippen MR) is 81.8 cm³/mol. The quantitative estimate of drug-likeness (QED) is 0.325. The third kappa shape index (κ3) is 7.36. The smallest absolute Gasteiger partial charge is 0.307 e. The number of esters is 1. The highest BCUT2D eigenvalue weighted by atomic mass is 16.5. The van der Waals surface area contributed by atoms with Crippen molar-refractivity contribution >= 4 is 11.9 Å². The Kier molecular flexibility index (Phi) is 8.83. The third-order valence-electron chi connectivity index (χ3n) is 3.88. The summed E-state index contributed by atoms with van der Waals surface area (Å²) in [6.07, 6.45) is 9.92. The summed E-state index contributed by atoms with van der Waals surface area (Å²) in [4.78, 5) is 15.1. The van der Waals surface area contributed by atoms with Gasteiger partial charge in [-0.1, -0.05) is 32.1 Å². The van der Waals surface area contributed by atoms with Gasteiger partial charge in [0.25, 0.3) is 0 Å². The lowest BCUT2D eigenvalue weighted by atomic mass is 9.86. The fraction of sp³-hybridized carbons (Fsp3) is 0.867. The number of carbonyl (C=O) groups excluding carboxylic acids is 1. The van der Waals surface area contributed by atoms with Crippen LogP contribution in [0.1, 0.15) is 51.4 Å². The van der Waals surface area contributed by atoms with Gasteiger partial charge in [-0.2, -0.15) is 0 Å². The summed E-state index contributed by atoms with van der Waals surface area (Å²) in [5.41, 5.74) is 0. The van der Waals surface area contributed by atoms with E-state index in [4.69, 9.17) is 0 Å². The number of methoxy groups -OCH3 is 1. The second kappa shape index (κ2) is 10.5. The molecule has 0 amide bonds. The van der Waals surface area contributed by atoms with Crippen molar-refractivity contribution in [2.24, 2.45) is 10.9 Å². The molecule has 1 aliphatic rings. The van der Waals surface area contributed by atoms with Crippen LogP contribution >= 0.6 is 0 Å². The molecule has 0 atom stereocenters. The largest absolute Gasteiger partial charge is 0.469 e. The molecule has 0 aromatic carbocycles. The zero-order valence-electron chi connectivity index (χ0n) is 12.9. The van der Waals surface area contributed by atoms with E-state index in [2.05, 4.69) is 20.4 Å². The number of hydrogen-bond acceptors (Lipinski definition) is 3. The van der Waals surface area contributed by atoms with Gasteiger partial charge in [-0.25, -0.2) is 0 Å². The zero-order valence-corrected chi connectivity index (χ0v) is 12.9. The van der Waals surface area contributed by atoms with E-state index >= 15 is 0 Å². The first kappa shape index (κ1) is 16.8. The Labute approximate surface area is 122 Å².